The summed E-state index contributed by atoms with van der Waals surface area (Å²) in [6.45, 7) is 3.25. The van der Waals surface area contributed by atoms with Crippen molar-refractivity contribution in [1.29, 1.82) is 0 Å². The molecule has 2 heterocycles. The van der Waals surface area contributed by atoms with Crippen molar-refractivity contribution in [3.8, 4) is 0 Å². The summed E-state index contributed by atoms with van der Waals surface area (Å²) < 4.78 is 5.43. The lowest BCUT2D eigenvalue weighted by Gasteiger charge is -2.33. The number of amides is 3. The number of benzene rings is 1. The Morgan fingerprint density at radius 3 is 2.45 bits per heavy atom. The first-order chi connectivity index (χ1) is 10.6. The zero-order chi connectivity index (χ0) is 15.7. The average Bonchev–Trinajstić information content (AvgIpc) is 2.77. The molecule has 22 heavy (non-hydrogen) atoms. The highest BCUT2D eigenvalue weighted by atomic mass is 16.5. The van der Waals surface area contributed by atoms with Crippen molar-refractivity contribution in [1.82, 2.24) is 9.80 Å². The Hall–Kier alpha value is -2.21. The Balaban J connectivity index is 1.64. The number of carbonyl (C=O) groups is 3. The van der Waals surface area contributed by atoms with Crippen LogP contribution in [0.4, 0.5) is 0 Å². The summed E-state index contributed by atoms with van der Waals surface area (Å²) >= 11 is 0. The topological polar surface area (TPSA) is 66.9 Å². The fourth-order valence-electron chi connectivity index (χ4n) is 2.88. The van der Waals surface area contributed by atoms with Gasteiger partial charge in [0.2, 0.25) is 5.91 Å². The lowest BCUT2D eigenvalue weighted by Crippen LogP contribution is -2.46. The highest BCUT2D eigenvalue weighted by Crippen LogP contribution is 2.22. The Morgan fingerprint density at radius 2 is 1.86 bits per heavy atom. The van der Waals surface area contributed by atoms with Crippen LogP contribution in [0.1, 0.15) is 40.5 Å². The van der Waals surface area contributed by atoms with Crippen molar-refractivity contribution in [3.63, 3.8) is 0 Å². The van der Waals surface area contributed by atoms with Gasteiger partial charge in [-0.3, -0.25) is 19.3 Å². The minimum absolute atomic E-state index is 0.0937. The molecule has 116 valence electrons. The first-order valence-electron chi connectivity index (χ1n) is 7.46. The maximum absolute atomic E-state index is 12.2. The molecule has 6 nitrogen and oxygen atoms in total. The second kappa shape index (κ2) is 5.88. The molecule has 1 aromatic rings. The zero-order valence-electron chi connectivity index (χ0n) is 12.4. The van der Waals surface area contributed by atoms with Crippen LogP contribution >= 0.6 is 0 Å². The van der Waals surface area contributed by atoms with E-state index in [-0.39, 0.29) is 36.9 Å². The van der Waals surface area contributed by atoms with Crippen LogP contribution in [0.25, 0.3) is 0 Å². The minimum Gasteiger partial charge on any atom is -0.359 e. The molecule has 0 aromatic heterocycles. The van der Waals surface area contributed by atoms with Crippen LogP contribution in [-0.4, -0.2) is 53.4 Å². The lowest BCUT2D eigenvalue weighted by atomic mass is 10.1. The third kappa shape index (κ3) is 2.50. The molecule has 1 atom stereocenters. The van der Waals surface area contributed by atoms with Crippen LogP contribution in [0.3, 0.4) is 0 Å². The van der Waals surface area contributed by atoms with Gasteiger partial charge in [0.05, 0.1) is 17.7 Å². The lowest BCUT2D eigenvalue weighted by molar-refractivity contribution is -0.151. The van der Waals surface area contributed by atoms with Crippen LogP contribution in [-0.2, 0) is 9.53 Å². The molecule has 0 bridgehead atoms. The molecule has 0 N–H and O–H groups in total. The van der Waals surface area contributed by atoms with Crippen molar-refractivity contribution in [2.45, 2.75) is 26.0 Å². The number of hydrogen-bond donors (Lipinski definition) is 0. The number of imide groups is 1. The third-order valence-electron chi connectivity index (χ3n) is 4.09. The molecule has 6 heteroatoms. The summed E-state index contributed by atoms with van der Waals surface area (Å²) in [5, 5.41) is 0. The van der Waals surface area contributed by atoms with Crippen molar-refractivity contribution < 1.29 is 19.1 Å². The number of carbonyl (C=O) groups excluding carboxylic acids is 3. The van der Waals surface area contributed by atoms with E-state index in [0.717, 1.165) is 11.3 Å². The van der Waals surface area contributed by atoms with Gasteiger partial charge in [0.1, 0.15) is 6.23 Å². The summed E-state index contributed by atoms with van der Waals surface area (Å²) in [6, 6.07) is 6.73. The van der Waals surface area contributed by atoms with E-state index >= 15 is 0 Å². The van der Waals surface area contributed by atoms with Crippen LogP contribution in [0.15, 0.2) is 24.3 Å². The molecule has 0 spiro atoms. The summed E-state index contributed by atoms with van der Waals surface area (Å²) in [5.74, 6) is -0.739. The van der Waals surface area contributed by atoms with Gasteiger partial charge in [0.15, 0.2) is 0 Å². The van der Waals surface area contributed by atoms with Gasteiger partial charge in [-0.15, -0.1) is 0 Å². The number of nitrogens with zero attached hydrogens (tertiary/aromatic N) is 2. The number of hydrogen-bond acceptors (Lipinski definition) is 4. The standard InChI is InChI=1S/C16H18N2O4/c1-11-17(8-4-10-22-11)14(19)7-9-18-15(20)12-5-2-3-6-13(12)16(18)21/h2-3,5-6,11H,4,7-10H2,1H3. The SMILES string of the molecule is CC1OCCCN1C(=O)CCN1C(=O)c2ccccc2C1=O. The van der Waals surface area contributed by atoms with Crippen LogP contribution in [0.2, 0.25) is 0 Å². The summed E-state index contributed by atoms with van der Waals surface area (Å²) in [5.41, 5.74) is 0.823. The van der Waals surface area contributed by atoms with Crippen LogP contribution < -0.4 is 0 Å². The quantitative estimate of drug-likeness (QED) is 0.789. The zero-order valence-corrected chi connectivity index (χ0v) is 12.4. The van der Waals surface area contributed by atoms with Gasteiger partial charge in [0.25, 0.3) is 11.8 Å². The maximum Gasteiger partial charge on any atom is 0.261 e. The molecule has 0 aliphatic carbocycles. The van der Waals surface area contributed by atoms with E-state index in [0.29, 0.717) is 24.3 Å². The van der Waals surface area contributed by atoms with E-state index in [4.69, 9.17) is 4.74 Å². The van der Waals surface area contributed by atoms with Gasteiger partial charge in [-0.2, -0.15) is 0 Å². The minimum atomic E-state index is -0.323. The molecule has 1 saturated heterocycles. The van der Waals surface area contributed by atoms with E-state index in [2.05, 4.69) is 0 Å². The van der Waals surface area contributed by atoms with Crippen molar-refractivity contribution in [2.24, 2.45) is 0 Å². The fraction of sp³-hybridized carbons (Fsp3) is 0.438. The molecular weight excluding hydrogens is 284 g/mol. The van der Waals surface area contributed by atoms with E-state index < -0.39 is 0 Å². The number of fused-ring (bicyclic) bond motifs is 1. The van der Waals surface area contributed by atoms with E-state index in [1.54, 1.807) is 29.2 Å². The highest BCUT2D eigenvalue weighted by Gasteiger charge is 2.35. The number of ether oxygens (including phenoxy) is 1. The maximum atomic E-state index is 12.2. The molecule has 1 fully saturated rings. The summed E-state index contributed by atoms with van der Waals surface area (Å²) in [6.07, 6.45) is 0.686. The van der Waals surface area contributed by atoms with Crippen LogP contribution in [0, 0.1) is 0 Å². The average molecular weight is 302 g/mol. The van der Waals surface area contributed by atoms with E-state index in [9.17, 15) is 14.4 Å². The molecule has 0 saturated carbocycles. The van der Waals surface area contributed by atoms with Crippen molar-refractivity contribution >= 4 is 17.7 Å². The van der Waals surface area contributed by atoms with Gasteiger partial charge >= 0.3 is 0 Å². The van der Waals surface area contributed by atoms with Gasteiger partial charge in [0, 0.05) is 19.5 Å². The first kappa shape index (κ1) is 14.7. The van der Waals surface area contributed by atoms with Crippen LogP contribution in [0.5, 0.6) is 0 Å². The Labute approximate surface area is 128 Å². The highest BCUT2D eigenvalue weighted by molar-refractivity contribution is 6.21. The Bertz CT molecular complexity index is 593. The largest absolute Gasteiger partial charge is 0.359 e. The monoisotopic (exact) mass is 302 g/mol. The smallest absolute Gasteiger partial charge is 0.261 e. The van der Waals surface area contributed by atoms with E-state index in [1.165, 1.54) is 0 Å². The second-order valence-electron chi connectivity index (χ2n) is 5.47. The van der Waals surface area contributed by atoms with E-state index in [1.807, 2.05) is 6.92 Å². The molecule has 2 aliphatic rings. The third-order valence-corrected chi connectivity index (χ3v) is 4.09. The first-order valence-corrected chi connectivity index (χ1v) is 7.46. The Kier molecular flexibility index (Phi) is 3.94. The van der Waals surface area contributed by atoms with Gasteiger partial charge < -0.3 is 9.64 Å². The molecule has 1 aromatic carbocycles. The van der Waals surface area contributed by atoms with Gasteiger partial charge in [-0.25, -0.2) is 0 Å². The van der Waals surface area contributed by atoms with Gasteiger partial charge in [-0.05, 0) is 25.5 Å². The summed E-state index contributed by atoms with van der Waals surface area (Å²) in [4.78, 5) is 39.5. The molecule has 1 unspecified atom stereocenters. The molecule has 0 radical (unpaired) electrons. The van der Waals surface area contributed by atoms with Crippen molar-refractivity contribution in [3.05, 3.63) is 35.4 Å². The molecular formula is C16H18N2O4. The number of rotatable bonds is 3. The normalized spacial score (nSPS) is 21.2. The molecule has 3 amide bonds. The predicted octanol–water partition coefficient (Wildman–Crippen LogP) is 1.27. The fourth-order valence-corrected chi connectivity index (χ4v) is 2.88. The predicted molar refractivity (Wildman–Crippen MR) is 78.2 cm³/mol. The van der Waals surface area contributed by atoms with Gasteiger partial charge in [-0.1, -0.05) is 12.1 Å². The Morgan fingerprint density at radius 1 is 1.23 bits per heavy atom. The molecule has 2 aliphatic heterocycles. The van der Waals surface area contributed by atoms with Crippen molar-refractivity contribution in [2.75, 3.05) is 19.7 Å². The molecule has 3 rings (SSSR count). The second-order valence-corrected chi connectivity index (χ2v) is 5.47. The summed E-state index contributed by atoms with van der Waals surface area (Å²) in [7, 11) is 0.